The van der Waals surface area contributed by atoms with Crippen molar-refractivity contribution in [3.05, 3.63) is 29.3 Å². The molecule has 0 heterocycles. The summed E-state index contributed by atoms with van der Waals surface area (Å²) in [4.78, 5) is 0. The van der Waals surface area contributed by atoms with E-state index in [1.165, 1.54) is 0 Å². The summed E-state index contributed by atoms with van der Waals surface area (Å²) in [5.41, 5.74) is 1.75. The van der Waals surface area contributed by atoms with Crippen LogP contribution in [0.5, 0.6) is 5.75 Å². The molecule has 0 spiro atoms. The fourth-order valence-corrected chi connectivity index (χ4v) is 1.33. The smallest absolute Gasteiger partial charge is 0.122 e. The molecule has 3 nitrogen and oxygen atoms in total. The van der Waals surface area contributed by atoms with Crippen molar-refractivity contribution in [1.29, 1.82) is 5.26 Å². The highest BCUT2D eigenvalue weighted by Crippen LogP contribution is 2.20. The lowest BCUT2D eigenvalue weighted by molar-refractivity contribution is 0.459. The van der Waals surface area contributed by atoms with Crippen molar-refractivity contribution < 1.29 is 5.11 Å². The average molecular weight is 204 g/mol. The van der Waals surface area contributed by atoms with Crippen LogP contribution in [0.25, 0.3) is 0 Å². The van der Waals surface area contributed by atoms with E-state index in [-0.39, 0.29) is 5.92 Å². The number of aromatic hydroxyl groups is 1. The molecule has 0 fully saturated rings. The van der Waals surface area contributed by atoms with Crippen molar-refractivity contribution in [2.45, 2.75) is 20.4 Å². The van der Waals surface area contributed by atoms with E-state index < -0.39 is 0 Å². The van der Waals surface area contributed by atoms with E-state index in [4.69, 9.17) is 5.26 Å². The molecule has 2 N–H and O–H groups in total. The number of rotatable bonds is 4. The SMILES string of the molecule is Cc1cccc(CNCC(C)C#N)c1O. The minimum absolute atomic E-state index is 0.00282. The Morgan fingerprint density at radius 2 is 2.27 bits per heavy atom. The lowest BCUT2D eigenvalue weighted by Crippen LogP contribution is -2.19. The maximum Gasteiger partial charge on any atom is 0.122 e. The monoisotopic (exact) mass is 204 g/mol. The van der Waals surface area contributed by atoms with Gasteiger partial charge in [-0.2, -0.15) is 5.26 Å². The standard InChI is InChI=1S/C12H16N2O/c1-9(6-13)7-14-8-11-5-3-4-10(2)12(11)15/h3-5,9,14-15H,7-8H2,1-2H3. The van der Waals surface area contributed by atoms with Crippen molar-refractivity contribution in [3.8, 4) is 11.8 Å². The predicted molar refractivity (Wildman–Crippen MR) is 59.3 cm³/mol. The third kappa shape index (κ3) is 3.26. The zero-order chi connectivity index (χ0) is 11.3. The number of aryl methyl sites for hydroxylation is 1. The first-order valence-electron chi connectivity index (χ1n) is 5.03. The van der Waals surface area contributed by atoms with Gasteiger partial charge in [0.15, 0.2) is 0 Å². The van der Waals surface area contributed by atoms with E-state index >= 15 is 0 Å². The van der Waals surface area contributed by atoms with Gasteiger partial charge in [0, 0.05) is 18.7 Å². The van der Waals surface area contributed by atoms with Gasteiger partial charge in [0.1, 0.15) is 5.75 Å². The number of nitriles is 1. The van der Waals surface area contributed by atoms with Crippen LogP contribution in [0.4, 0.5) is 0 Å². The zero-order valence-electron chi connectivity index (χ0n) is 9.12. The fraction of sp³-hybridized carbons (Fsp3) is 0.417. The molecule has 80 valence electrons. The molecule has 3 heteroatoms. The molecule has 1 unspecified atom stereocenters. The van der Waals surface area contributed by atoms with E-state index in [0.29, 0.717) is 18.8 Å². The minimum Gasteiger partial charge on any atom is -0.507 e. The van der Waals surface area contributed by atoms with E-state index in [0.717, 1.165) is 11.1 Å². The first-order chi connectivity index (χ1) is 7.15. The molecule has 1 aromatic rings. The van der Waals surface area contributed by atoms with E-state index in [1.807, 2.05) is 32.0 Å². The van der Waals surface area contributed by atoms with Crippen molar-refractivity contribution in [3.63, 3.8) is 0 Å². The van der Waals surface area contributed by atoms with Crippen LogP contribution in [-0.4, -0.2) is 11.7 Å². The number of benzene rings is 1. The van der Waals surface area contributed by atoms with Gasteiger partial charge in [-0.1, -0.05) is 18.2 Å². The van der Waals surface area contributed by atoms with Crippen LogP contribution < -0.4 is 5.32 Å². The van der Waals surface area contributed by atoms with Gasteiger partial charge in [-0.15, -0.1) is 0 Å². The number of nitrogens with zero attached hydrogens (tertiary/aromatic N) is 1. The van der Waals surface area contributed by atoms with Crippen LogP contribution in [0.15, 0.2) is 18.2 Å². The predicted octanol–water partition coefficient (Wildman–Crippen LogP) is 1.95. The number of nitrogens with one attached hydrogen (secondary N) is 1. The molecule has 0 amide bonds. The molecule has 15 heavy (non-hydrogen) atoms. The summed E-state index contributed by atoms with van der Waals surface area (Å²) in [5.74, 6) is 0.339. The topological polar surface area (TPSA) is 56.0 Å². The molecule has 1 rings (SSSR count). The largest absolute Gasteiger partial charge is 0.507 e. The second kappa shape index (κ2) is 5.38. The third-order valence-corrected chi connectivity index (χ3v) is 2.31. The second-order valence-electron chi connectivity index (χ2n) is 3.74. The normalized spacial score (nSPS) is 12.1. The van der Waals surface area contributed by atoms with Crippen molar-refractivity contribution in [2.24, 2.45) is 5.92 Å². The Hall–Kier alpha value is -1.53. The molecule has 0 saturated heterocycles. The molecular weight excluding hydrogens is 188 g/mol. The highest BCUT2D eigenvalue weighted by molar-refractivity contribution is 5.39. The lowest BCUT2D eigenvalue weighted by atomic mass is 10.1. The van der Waals surface area contributed by atoms with E-state index in [9.17, 15) is 5.11 Å². The number of phenolic OH excluding ortho intramolecular Hbond substituents is 1. The first kappa shape index (κ1) is 11.5. The molecule has 0 radical (unpaired) electrons. The Balaban J connectivity index is 2.52. The molecule has 0 aromatic heterocycles. The summed E-state index contributed by atoms with van der Waals surface area (Å²) >= 11 is 0. The fourth-order valence-electron chi connectivity index (χ4n) is 1.33. The summed E-state index contributed by atoms with van der Waals surface area (Å²) in [6, 6.07) is 7.82. The van der Waals surface area contributed by atoms with Crippen LogP contribution in [0, 0.1) is 24.2 Å². The highest BCUT2D eigenvalue weighted by atomic mass is 16.3. The van der Waals surface area contributed by atoms with Crippen LogP contribution in [-0.2, 0) is 6.54 Å². The van der Waals surface area contributed by atoms with Gasteiger partial charge in [0.05, 0.1) is 12.0 Å². The quantitative estimate of drug-likeness (QED) is 0.788. The molecule has 0 aliphatic heterocycles. The second-order valence-corrected chi connectivity index (χ2v) is 3.74. The number of hydrogen-bond donors (Lipinski definition) is 2. The summed E-state index contributed by atoms with van der Waals surface area (Å²) in [6.45, 7) is 4.98. The van der Waals surface area contributed by atoms with Crippen molar-refractivity contribution in [2.75, 3.05) is 6.54 Å². The summed E-state index contributed by atoms with van der Waals surface area (Å²) in [5, 5.41) is 21.4. The van der Waals surface area contributed by atoms with E-state index in [1.54, 1.807) is 0 Å². The Kier molecular flexibility index (Phi) is 4.14. The number of hydrogen-bond acceptors (Lipinski definition) is 3. The molecular formula is C12H16N2O. The Morgan fingerprint density at radius 3 is 2.93 bits per heavy atom. The van der Waals surface area contributed by atoms with Gasteiger partial charge in [-0.25, -0.2) is 0 Å². The Bertz CT molecular complexity index is 368. The van der Waals surface area contributed by atoms with Crippen LogP contribution in [0.3, 0.4) is 0 Å². The van der Waals surface area contributed by atoms with Gasteiger partial charge < -0.3 is 10.4 Å². The molecule has 1 atom stereocenters. The minimum atomic E-state index is -0.00282. The van der Waals surface area contributed by atoms with Crippen molar-refractivity contribution in [1.82, 2.24) is 5.32 Å². The lowest BCUT2D eigenvalue weighted by Gasteiger charge is -2.09. The van der Waals surface area contributed by atoms with Gasteiger partial charge in [-0.05, 0) is 19.4 Å². The van der Waals surface area contributed by atoms with Gasteiger partial charge >= 0.3 is 0 Å². The third-order valence-electron chi connectivity index (χ3n) is 2.31. The Morgan fingerprint density at radius 1 is 1.53 bits per heavy atom. The summed E-state index contributed by atoms with van der Waals surface area (Å²) in [7, 11) is 0. The maximum atomic E-state index is 9.71. The van der Waals surface area contributed by atoms with Gasteiger partial charge in [-0.3, -0.25) is 0 Å². The van der Waals surface area contributed by atoms with Crippen molar-refractivity contribution >= 4 is 0 Å². The van der Waals surface area contributed by atoms with Crippen LogP contribution in [0.2, 0.25) is 0 Å². The molecule has 0 aliphatic carbocycles. The van der Waals surface area contributed by atoms with E-state index in [2.05, 4.69) is 11.4 Å². The first-order valence-corrected chi connectivity index (χ1v) is 5.03. The maximum absolute atomic E-state index is 9.71. The number of para-hydroxylation sites is 1. The average Bonchev–Trinajstić information content (AvgIpc) is 2.24. The van der Waals surface area contributed by atoms with Crippen LogP contribution in [0.1, 0.15) is 18.1 Å². The summed E-state index contributed by atoms with van der Waals surface area (Å²) < 4.78 is 0. The van der Waals surface area contributed by atoms with Gasteiger partial charge in [0.25, 0.3) is 0 Å². The molecule has 1 aromatic carbocycles. The highest BCUT2D eigenvalue weighted by Gasteiger charge is 2.04. The molecule has 0 aliphatic rings. The zero-order valence-corrected chi connectivity index (χ0v) is 9.12. The van der Waals surface area contributed by atoms with Crippen LogP contribution >= 0.6 is 0 Å². The van der Waals surface area contributed by atoms with Gasteiger partial charge in [0.2, 0.25) is 0 Å². The molecule has 0 bridgehead atoms. The number of phenols is 1. The molecule has 0 saturated carbocycles. The Labute approximate surface area is 90.4 Å². The summed E-state index contributed by atoms with van der Waals surface area (Å²) in [6.07, 6.45) is 0.